The summed E-state index contributed by atoms with van der Waals surface area (Å²) in [6, 6.07) is 11.5. The summed E-state index contributed by atoms with van der Waals surface area (Å²) in [5, 5.41) is -0.259. The summed E-state index contributed by atoms with van der Waals surface area (Å²) in [6.07, 6.45) is 1.74. The third kappa shape index (κ3) is 5.46. The fraction of sp³-hybridized carbons (Fsp3) is 0.238. The van der Waals surface area contributed by atoms with Crippen molar-refractivity contribution in [3.05, 3.63) is 59.6 Å². The highest BCUT2D eigenvalue weighted by atomic mass is 127. The Bertz CT molecular complexity index is 960. The first-order chi connectivity index (χ1) is 13.9. The number of rotatable bonds is 7. The highest BCUT2D eigenvalue weighted by Gasteiger charge is 2.35. The topological polar surface area (TPSA) is 55.8 Å². The van der Waals surface area contributed by atoms with E-state index in [1.807, 2.05) is 50.2 Å². The highest BCUT2D eigenvalue weighted by molar-refractivity contribution is 14.1. The van der Waals surface area contributed by atoms with Crippen molar-refractivity contribution in [1.82, 2.24) is 4.90 Å². The van der Waals surface area contributed by atoms with Gasteiger partial charge in [0.2, 0.25) is 0 Å². The van der Waals surface area contributed by atoms with Gasteiger partial charge >= 0.3 is 0 Å². The number of hydrogen-bond acceptors (Lipinski definition) is 5. The van der Waals surface area contributed by atoms with Crippen LogP contribution in [0.3, 0.4) is 0 Å². The van der Waals surface area contributed by atoms with Crippen molar-refractivity contribution in [1.29, 1.82) is 0 Å². The second-order valence-electron chi connectivity index (χ2n) is 6.09. The monoisotopic (exact) mass is 635 g/mol. The fourth-order valence-corrected chi connectivity index (χ4v) is 4.76. The molecule has 2 aromatic rings. The van der Waals surface area contributed by atoms with E-state index in [0.717, 1.165) is 30.0 Å². The van der Waals surface area contributed by atoms with E-state index < -0.39 is 0 Å². The van der Waals surface area contributed by atoms with Gasteiger partial charge in [0.1, 0.15) is 0 Å². The number of ether oxygens (including phenoxy) is 2. The average molecular weight is 635 g/mol. The molecule has 0 bridgehead atoms. The molecule has 0 unspecified atom stereocenters. The molecule has 2 aromatic carbocycles. The van der Waals surface area contributed by atoms with Crippen LogP contribution in [0.1, 0.15) is 25.0 Å². The van der Waals surface area contributed by atoms with Crippen LogP contribution in [0.5, 0.6) is 11.5 Å². The van der Waals surface area contributed by atoms with E-state index in [9.17, 15) is 9.59 Å². The molecule has 0 spiro atoms. The summed E-state index contributed by atoms with van der Waals surface area (Å²) in [6.45, 7) is 5.14. The van der Waals surface area contributed by atoms with Crippen molar-refractivity contribution in [2.75, 3.05) is 13.2 Å². The predicted octanol–water partition coefficient (Wildman–Crippen LogP) is 5.93. The third-order valence-electron chi connectivity index (χ3n) is 4.05. The SMILES string of the molecule is CCOc1cc(/C=C2/SC(=O)N(Cc3ccc(I)cc3)C2=O)cc(I)c1OCC. The molecule has 1 fully saturated rings. The third-order valence-corrected chi connectivity index (χ3v) is 6.47. The fourth-order valence-electron chi connectivity index (χ4n) is 2.78. The normalized spacial score (nSPS) is 15.3. The molecule has 29 heavy (non-hydrogen) atoms. The molecule has 0 atom stereocenters. The first-order valence-electron chi connectivity index (χ1n) is 9.01. The summed E-state index contributed by atoms with van der Waals surface area (Å²) < 4.78 is 13.4. The zero-order chi connectivity index (χ0) is 21.0. The minimum atomic E-state index is -0.277. The summed E-state index contributed by atoms with van der Waals surface area (Å²) in [5.74, 6) is 1.05. The molecule has 0 saturated carbocycles. The molecule has 1 aliphatic rings. The molecule has 152 valence electrons. The van der Waals surface area contributed by atoms with Gasteiger partial charge in [-0.25, -0.2) is 0 Å². The number of carbonyl (C=O) groups excluding carboxylic acids is 2. The molecule has 3 rings (SSSR count). The van der Waals surface area contributed by atoms with Gasteiger partial charge in [0.15, 0.2) is 11.5 Å². The summed E-state index contributed by atoms with van der Waals surface area (Å²) in [5.41, 5.74) is 1.71. The van der Waals surface area contributed by atoms with Crippen molar-refractivity contribution < 1.29 is 19.1 Å². The number of carbonyl (C=O) groups is 2. The lowest BCUT2D eigenvalue weighted by atomic mass is 10.1. The van der Waals surface area contributed by atoms with Gasteiger partial charge in [-0.05, 0) is 112 Å². The number of hydrogen-bond donors (Lipinski definition) is 0. The van der Waals surface area contributed by atoms with Crippen LogP contribution in [0, 0.1) is 7.14 Å². The maximum atomic E-state index is 12.8. The van der Waals surface area contributed by atoms with Crippen LogP contribution in [0.2, 0.25) is 0 Å². The van der Waals surface area contributed by atoms with E-state index in [-0.39, 0.29) is 17.7 Å². The molecule has 1 heterocycles. The summed E-state index contributed by atoms with van der Waals surface area (Å²) >= 11 is 5.37. The second-order valence-corrected chi connectivity index (χ2v) is 9.49. The van der Waals surface area contributed by atoms with E-state index in [0.29, 0.717) is 29.6 Å². The lowest BCUT2D eigenvalue weighted by Crippen LogP contribution is -2.27. The second kappa shape index (κ2) is 10.2. The van der Waals surface area contributed by atoms with E-state index in [2.05, 4.69) is 45.2 Å². The van der Waals surface area contributed by atoms with Gasteiger partial charge in [0.05, 0.1) is 28.2 Å². The number of amides is 2. The van der Waals surface area contributed by atoms with Crippen LogP contribution in [0.4, 0.5) is 4.79 Å². The van der Waals surface area contributed by atoms with Crippen LogP contribution in [-0.4, -0.2) is 29.3 Å². The molecule has 1 saturated heterocycles. The number of benzene rings is 2. The highest BCUT2D eigenvalue weighted by Crippen LogP contribution is 2.37. The standard InChI is InChI=1S/C21H19I2NO4S/c1-3-27-17-10-14(9-16(23)19(17)28-4-2)11-18-20(25)24(21(26)29-18)12-13-5-7-15(22)8-6-13/h5-11H,3-4,12H2,1-2H3/b18-11+. The zero-order valence-electron chi connectivity index (χ0n) is 15.9. The Morgan fingerprint density at radius 2 is 1.72 bits per heavy atom. The quantitative estimate of drug-likeness (QED) is 0.279. The lowest BCUT2D eigenvalue weighted by molar-refractivity contribution is -0.123. The summed E-state index contributed by atoms with van der Waals surface area (Å²) in [4.78, 5) is 26.9. The van der Waals surface area contributed by atoms with Crippen LogP contribution in [0.15, 0.2) is 41.3 Å². The Hall–Kier alpha value is -1.27. The van der Waals surface area contributed by atoms with Gasteiger partial charge in [-0.3, -0.25) is 14.5 Å². The van der Waals surface area contributed by atoms with E-state index in [1.54, 1.807) is 6.08 Å². The molecule has 5 nitrogen and oxygen atoms in total. The van der Waals surface area contributed by atoms with Crippen molar-refractivity contribution in [3.8, 4) is 11.5 Å². The van der Waals surface area contributed by atoms with Crippen LogP contribution in [-0.2, 0) is 11.3 Å². The van der Waals surface area contributed by atoms with Gasteiger partial charge in [-0.15, -0.1) is 0 Å². The van der Waals surface area contributed by atoms with Gasteiger partial charge in [0.25, 0.3) is 11.1 Å². The van der Waals surface area contributed by atoms with Gasteiger partial charge < -0.3 is 9.47 Å². The lowest BCUT2D eigenvalue weighted by Gasteiger charge is -2.14. The molecule has 2 amide bonds. The number of thioether (sulfide) groups is 1. The minimum absolute atomic E-state index is 0.259. The van der Waals surface area contributed by atoms with Crippen LogP contribution in [0.25, 0.3) is 6.08 Å². The molecule has 0 aromatic heterocycles. The zero-order valence-corrected chi connectivity index (χ0v) is 21.0. The maximum absolute atomic E-state index is 12.8. The molecule has 0 N–H and O–H groups in total. The number of halogens is 2. The molecule has 1 aliphatic heterocycles. The number of nitrogens with zero attached hydrogens (tertiary/aromatic N) is 1. The van der Waals surface area contributed by atoms with Crippen molar-refractivity contribution >= 4 is 74.2 Å². The van der Waals surface area contributed by atoms with E-state index in [4.69, 9.17) is 9.47 Å². The van der Waals surface area contributed by atoms with Crippen molar-refractivity contribution in [3.63, 3.8) is 0 Å². The predicted molar refractivity (Wildman–Crippen MR) is 132 cm³/mol. The van der Waals surface area contributed by atoms with E-state index >= 15 is 0 Å². The van der Waals surface area contributed by atoms with Crippen LogP contribution < -0.4 is 9.47 Å². The Morgan fingerprint density at radius 3 is 2.38 bits per heavy atom. The first-order valence-corrected chi connectivity index (χ1v) is 12.0. The van der Waals surface area contributed by atoms with Gasteiger partial charge in [0, 0.05) is 3.57 Å². The van der Waals surface area contributed by atoms with Crippen LogP contribution >= 0.6 is 56.9 Å². The largest absolute Gasteiger partial charge is 0.490 e. The Morgan fingerprint density at radius 1 is 1.03 bits per heavy atom. The van der Waals surface area contributed by atoms with E-state index in [1.165, 1.54) is 4.90 Å². The Kier molecular flexibility index (Phi) is 7.85. The van der Waals surface area contributed by atoms with Crippen molar-refractivity contribution in [2.45, 2.75) is 20.4 Å². The molecule has 8 heteroatoms. The molecule has 0 radical (unpaired) electrons. The molecular formula is C21H19I2NO4S. The number of imide groups is 1. The molecule has 0 aliphatic carbocycles. The minimum Gasteiger partial charge on any atom is -0.490 e. The maximum Gasteiger partial charge on any atom is 0.293 e. The van der Waals surface area contributed by atoms with Gasteiger partial charge in [-0.2, -0.15) is 0 Å². The molecular weight excluding hydrogens is 616 g/mol. The van der Waals surface area contributed by atoms with Crippen molar-refractivity contribution in [2.24, 2.45) is 0 Å². The Balaban J connectivity index is 1.86. The summed E-state index contributed by atoms with van der Waals surface area (Å²) in [7, 11) is 0. The van der Waals surface area contributed by atoms with Gasteiger partial charge in [-0.1, -0.05) is 12.1 Å². The Labute approximate surface area is 201 Å². The average Bonchev–Trinajstić information content (AvgIpc) is 2.94. The smallest absolute Gasteiger partial charge is 0.293 e. The first kappa shape index (κ1) is 22.4.